The smallest absolute Gasteiger partial charge is 0.0557 e. The normalized spacial score (nSPS) is 15.5. The molecule has 0 spiro atoms. The van der Waals surface area contributed by atoms with Crippen LogP contribution in [0.4, 0.5) is 5.69 Å². The van der Waals surface area contributed by atoms with Gasteiger partial charge >= 0.3 is 0 Å². The van der Waals surface area contributed by atoms with Crippen molar-refractivity contribution >= 4 is 35.1 Å². The molecule has 0 unspecified atom stereocenters. The molecule has 1 heterocycles. The molecule has 5 heteroatoms. The van der Waals surface area contributed by atoms with Crippen LogP contribution < -0.4 is 4.90 Å². The Morgan fingerprint density at radius 2 is 1.55 bits per heavy atom. The lowest BCUT2D eigenvalue weighted by Crippen LogP contribution is -2.44. The molecule has 22 heavy (non-hydrogen) atoms. The number of rotatable bonds is 3. The van der Waals surface area contributed by atoms with Crippen molar-refractivity contribution in [3.8, 4) is 0 Å². The van der Waals surface area contributed by atoms with Gasteiger partial charge < -0.3 is 4.90 Å². The van der Waals surface area contributed by atoms with Crippen molar-refractivity contribution in [1.82, 2.24) is 5.01 Å². The maximum atomic E-state index is 6.13. The summed E-state index contributed by atoms with van der Waals surface area (Å²) in [6.07, 6.45) is 1.83. The molecule has 0 atom stereocenters. The number of benzene rings is 2. The predicted octanol–water partition coefficient (Wildman–Crippen LogP) is 4.15. The average Bonchev–Trinajstić information content (AvgIpc) is 2.55. The second kappa shape index (κ2) is 7.03. The van der Waals surface area contributed by atoms with Crippen molar-refractivity contribution in [2.45, 2.75) is 0 Å². The second-order valence-corrected chi connectivity index (χ2v) is 6.03. The number of hydrogen-bond donors (Lipinski definition) is 0. The third-order valence-corrected chi connectivity index (χ3v) is 4.31. The molecule has 0 aliphatic carbocycles. The van der Waals surface area contributed by atoms with Crippen molar-refractivity contribution in [2.75, 3.05) is 31.1 Å². The van der Waals surface area contributed by atoms with Gasteiger partial charge in [-0.25, -0.2) is 0 Å². The van der Waals surface area contributed by atoms with E-state index in [4.69, 9.17) is 23.2 Å². The summed E-state index contributed by atoms with van der Waals surface area (Å²) in [6, 6.07) is 15.7. The first kappa shape index (κ1) is 15.2. The Kier molecular flexibility index (Phi) is 4.86. The fourth-order valence-electron chi connectivity index (χ4n) is 2.45. The van der Waals surface area contributed by atoms with Crippen LogP contribution in [0.2, 0.25) is 10.0 Å². The molecule has 0 saturated carbocycles. The molecule has 0 amide bonds. The van der Waals surface area contributed by atoms with Gasteiger partial charge in [0.05, 0.1) is 19.3 Å². The molecule has 0 bridgehead atoms. The number of hydrogen-bond acceptors (Lipinski definition) is 3. The van der Waals surface area contributed by atoms with Crippen LogP contribution in [0.25, 0.3) is 0 Å². The van der Waals surface area contributed by atoms with E-state index in [2.05, 4.69) is 27.1 Å². The van der Waals surface area contributed by atoms with E-state index in [9.17, 15) is 0 Å². The maximum absolute atomic E-state index is 6.13. The van der Waals surface area contributed by atoms with Crippen molar-refractivity contribution in [1.29, 1.82) is 0 Å². The van der Waals surface area contributed by atoms with Crippen LogP contribution in [0.5, 0.6) is 0 Å². The van der Waals surface area contributed by atoms with Gasteiger partial charge in [-0.15, -0.1) is 0 Å². The molecule has 0 aromatic heterocycles. The fourth-order valence-corrected chi connectivity index (χ4v) is 2.76. The third-order valence-electron chi connectivity index (χ3n) is 3.71. The first-order chi connectivity index (χ1) is 10.7. The van der Waals surface area contributed by atoms with Gasteiger partial charge in [-0.3, -0.25) is 5.01 Å². The zero-order valence-corrected chi connectivity index (χ0v) is 13.6. The summed E-state index contributed by atoms with van der Waals surface area (Å²) in [4.78, 5) is 2.35. The van der Waals surface area contributed by atoms with Crippen LogP contribution >= 0.6 is 23.2 Å². The first-order valence-corrected chi connectivity index (χ1v) is 8.02. The molecule has 3 nitrogen and oxygen atoms in total. The molecule has 114 valence electrons. The molecule has 1 saturated heterocycles. The standard InChI is InChI=1S/C17H17Cl2N3/c18-15-5-7-16(8-6-15)21-9-11-22(12-10-21)20-13-14-3-1-2-4-17(14)19/h1-8,13H,9-12H2/b20-13-. The number of hydrazone groups is 1. The van der Waals surface area contributed by atoms with Crippen LogP contribution in [-0.4, -0.2) is 37.4 Å². The molecule has 1 fully saturated rings. The quantitative estimate of drug-likeness (QED) is 0.786. The van der Waals surface area contributed by atoms with Gasteiger partial charge in [0.2, 0.25) is 0 Å². The molecule has 3 rings (SSSR count). The second-order valence-electron chi connectivity index (χ2n) is 5.18. The summed E-state index contributed by atoms with van der Waals surface area (Å²) in [5, 5.41) is 8.11. The molecular weight excluding hydrogens is 317 g/mol. The molecule has 2 aromatic carbocycles. The van der Waals surface area contributed by atoms with E-state index in [0.29, 0.717) is 0 Å². The van der Waals surface area contributed by atoms with Crippen molar-refractivity contribution in [3.63, 3.8) is 0 Å². The van der Waals surface area contributed by atoms with Gasteiger partial charge in [0.15, 0.2) is 0 Å². The van der Waals surface area contributed by atoms with E-state index < -0.39 is 0 Å². The van der Waals surface area contributed by atoms with E-state index in [1.807, 2.05) is 42.6 Å². The molecule has 1 aliphatic heterocycles. The fraction of sp³-hybridized carbons (Fsp3) is 0.235. The third kappa shape index (κ3) is 3.73. The summed E-state index contributed by atoms with van der Waals surface area (Å²) in [5.41, 5.74) is 2.16. The van der Waals surface area contributed by atoms with E-state index in [-0.39, 0.29) is 0 Å². The number of halogens is 2. The summed E-state index contributed by atoms with van der Waals surface area (Å²) in [5.74, 6) is 0. The van der Waals surface area contributed by atoms with E-state index >= 15 is 0 Å². The zero-order valence-electron chi connectivity index (χ0n) is 12.1. The van der Waals surface area contributed by atoms with Crippen molar-refractivity contribution in [2.24, 2.45) is 5.10 Å². The largest absolute Gasteiger partial charge is 0.368 e. The van der Waals surface area contributed by atoms with Crippen LogP contribution in [0, 0.1) is 0 Å². The Morgan fingerprint density at radius 1 is 0.864 bits per heavy atom. The van der Waals surface area contributed by atoms with Gasteiger partial charge in [0, 0.05) is 34.4 Å². The van der Waals surface area contributed by atoms with Crippen LogP contribution in [0.15, 0.2) is 53.6 Å². The maximum Gasteiger partial charge on any atom is 0.0557 e. The van der Waals surface area contributed by atoms with Crippen LogP contribution in [-0.2, 0) is 0 Å². The lowest BCUT2D eigenvalue weighted by molar-refractivity contribution is 0.272. The molecule has 0 N–H and O–H groups in total. The number of piperazine rings is 1. The highest BCUT2D eigenvalue weighted by molar-refractivity contribution is 6.33. The minimum Gasteiger partial charge on any atom is -0.368 e. The minimum atomic E-state index is 0.728. The zero-order chi connectivity index (χ0) is 15.4. The Labute approximate surface area is 140 Å². The van der Waals surface area contributed by atoms with Gasteiger partial charge in [0.1, 0.15) is 0 Å². The van der Waals surface area contributed by atoms with Gasteiger partial charge in [-0.2, -0.15) is 5.10 Å². The van der Waals surface area contributed by atoms with Crippen molar-refractivity contribution in [3.05, 3.63) is 64.1 Å². The van der Waals surface area contributed by atoms with E-state index in [0.717, 1.165) is 41.8 Å². The Hall–Kier alpha value is -1.71. The summed E-state index contributed by atoms with van der Waals surface area (Å²) in [6.45, 7) is 3.68. The summed E-state index contributed by atoms with van der Waals surface area (Å²) >= 11 is 12.1. The lowest BCUT2D eigenvalue weighted by atomic mass is 10.2. The summed E-state index contributed by atoms with van der Waals surface area (Å²) in [7, 11) is 0. The Bertz CT molecular complexity index is 647. The number of anilines is 1. The lowest BCUT2D eigenvalue weighted by Gasteiger charge is -2.34. The van der Waals surface area contributed by atoms with Crippen LogP contribution in [0.1, 0.15) is 5.56 Å². The molecule has 1 aliphatic rings. The molecular formula is C17H17Cl2N3. The molecule has 0 radical (unpaired) electrons. The predicted molar refractivity (Wildman–Crippen MR) is 94.3 cm³/mol. The van der Waals surface area contributed by atoms with Gasteiger partial charge in [-0.1, -0.05) is 41.4 Å². The monoisotopic (exact) mass is 333 g/mol. The number of nitrogens with zero attached hydrogens (tertiary/aromatic N) is 3. The Balaban J connectivity index is 1.58. The minimum absolute atomic E-state index is 0.728. The first-order valence-electron chi connectivity index (χ1n) is 7.26. The van der Waals surface area contributed by atoms with E-state index in [1.54, 1.807) is 0 Å². The highest BCUT2D eigenvalue weighted by atomic mass is 35.5. The SMILES string of the molecule is Clc1ccc(N2CCN(/N=C\c3ccccc3Cl)CC2)cc1. The van der Waals surface area contributed by atoms with Gasteiger partial charge in [-0.05, 0) is 30.3 Å². The van der Waals surface area contributed by atoms with E-state index in [1.165, 1.54) is 5.69 Å². The van der Waals surface area contributed by atoms with Crippen LogP contribution in [0.3, 0.4) is 0 Å². The highest BCUT2D eigenvalue weighted by Gasteiger charge is 2.15. The topological polar surface area (TPSA) is 18.8 Å². The Morgan fingerprint density at radius 3 is 2.23 bits per heavy atom. The molecule has 2 aromatic rings. The van der Waals surface area contributed by atoms with Gasteiger partial charge in [0.25, 0.3) is 0 Å². The highest BCUT2D eigenvalue weighted by Crippen LogP contribution is 2.19. The summed E-state index contributed by atoms with van der Waals surface area (Å²) < 4.78 is 0. The average molecular weight is 334 g/mol. The van der Waals surface area contributed by atoms with Crippen molar-refractivity contribution < 1.29 is 0 Å².